The van der Waals surface area contributed by atoms with E-state index in [0.717, 1.165) is 10.9 Å². The maximum Gasteiger partial charge on any atom is 0.272 e. The highest BCUT2D eigenvalue weighted by Crippen LogP contribution is 2.22. The van der Waals surface area contributed by atoms with Crippen LogP contribution >= 0.6 is 0 Å². The van der Waals surface area contributed by atoms with Crippen molar-refractivity contribution in [3.05, 3.63) is 53.8 Å². The quantitative estimate of drug-likeness (QED) is 0.550. The first-order valence-corrected chi connectivity index (χ1v) is 12.0. The number of para-hydroxylation sites is 1. The Morgan fingerprint density at radius 2 is 1.94 bits per heavy atom. The van der Waals surface area contributed by atoms with Crippen LogP contribution in [0.4, 0.5) is 0 Å². The molecule has 2 aromatic heterocycles. The van der Waals surface area contributed by atoms with Crippen LogP contribution in [0.2, 0.25) is 0 Å². The first-order chi connectivity index (χ1) is 14.7. The van der Waals surface area contributed by atoms with Crippen LogP contribution in [0.3, 0.4) is 0 Å². The van der Waals surface area contributed by atoms with E-state index >= 15 is 0 Å². The fraction of sp³-hybridized carbons (Fsp3) is 0.429. The molecule has 4 rings (SSSR count). The molecule has 3 aromatic rings. The summed E-state index contributed by atoms with van der Waals surface area (Å²) in [5, 5.41) is 4.89. The lowest BCUT2D eigenvalue weighted by atomic mass is 10.1. The minimum absolute atomic E-state index is 0.113. The molecule has 0 atom stereocenters. The van der Waals surface area contributed by atoms with Gasteiger partial charge in [-0.1, -0.05) is 43.3 Å². The molecule has 9 nitrogen and oxygen atoms in total. The van der Waals surface area contributed by atoms with Crippen molar-refractivity contribution in [2.75, 3.05) is 25.9 Å². The minimum Gasteiger partial charge on any atom is -0.339 e. The molecule has 31 heavy (non-hydrogen) atoms. The van der Waals surface area contributed by atoms with Crippen molar-refractivity contribution in [2.45, 2.75) is 32.2 Å². The number of amides is 1. The molecule has 0 saturated carbocycles. The van der Waals surface area contributed by atoms with Gasteiger partial charge in [0, 0.05) is 37.4 Å². The predicted molar refractivity (Wildman–Crippen MR) is 115 cm³/mol. The number of carbonyl (C=O) groups excluding carboxylic acids is 1. The van der Waals surface area contributed by atoms with Gasteiger partial charge in [0.1, 0.15) is 5.69 Å². The van der Waals surface area contributed by atoms with E-state index in [4.69, 9.17) is 4.52 Å². The van der Waals surface area contributed by atoms with E-state index < -0.39 is 10.0 Å². The van der Waals surface area contributed by atoms with Gasteiger partial charge in [0.05, 0.1) is 17.8 Å². The maximum absolute atomic E-state index is 12.8. The van der Waals surface area contributed by atoms with Crippen LogP contribution in [-0.2, 0) is 16.4 Å². The Bertz CT molecular complexity index is 1200. The summed E-state index contributed by atoms with van der Waals surface area (Å²) < 4.78 is 31.3. The number of rotatable bonds is 7. The van der Waals surface area contributed by atoms with Crippen molar-refractivity contribution >= 4 is 26.8 Å². The number of benzene rings is 1. The van der Waals surface area contributed by atoms with Crippen molar-refractivity contribution in [3.63, 3.8) is 0 Å². The van der Waals surface area contributed by atoms with Crippen LogP contribution in [0.25, 0.3) is 10.9 Å². The lowest BCUT2D eigenvalue weighted by Gasteiger charge is -2.44. The average molecular weight is 444 g/mol. The Morgan fingerprint density at radius 1 is 1.19 bits per heavy atom. The summed E-state index contributed by atoms with van der Waals surface area (Å²) in [5.74, 6) is 0.923. The zero-order chi connectivity index (χ0) is 22.2. The molecule has 0 aliphatic carbocycles. The maximum atomic E-state index is 12.8. The van der Waals surface area contributed by atoms with Gasteiger partial charge in [-0.25, -0.2) is 13.4 Å². The number of hydrogen-bond donors (Lipinski definition) is 0. The van der Waals surface area contributed by atoms with Gasteiger partial charge >= 0.3 is 0 Å². The zero-order valence-electron chi connectivity index (χ0n) is 17.7. The van der Waals surface area contributed by atoms with E-state index in [1.54, 1.807) is 11.0 Å². The normalized spacial score (nSPS) is 15.1. The number of nitrogens with zero attached hydrogens (tertiary/aromatic N) is 5. The molecule has 1 aliphatic rings. The van der Waals surface area contributed by atoms with Gasteiger partial charge in [0.15, 0.2) is 5.82 Å². The predicted octanol–water partition coefficient (Wildman–Crippen LogP) is 2.07. The molecule has 164 valence electrons. The van der Waals surface area contributed by atoms with Gasteiger partial charge in [-0.3, -0.25) is 4.79 Å². The van der Waals surface area contributed by atoms with Crippen molar-refractivity contribution in [3.8, 4) is 0 Å². The van der Waals surface area contributed by atoms with E-state index in [2.05, 4.69) is 15.1 Å². The van der Waals surface area contributed by atoms with Gasteiger partial charge in [-0.15, -0.1) is 0 Å². The highest BCUT2D eigenvalue weighted by Gasteiger charge is 2.39. The number of sulfonamides is 1. The molecule has 1 saturated heterocycles. The van der Waals surface area contributed by atoms with Gasteiger partial charge < -0.3 is 9.42 Å². The van der Waals surface area contributed by atoms with Crippen LogP contribution in [0, 0.1) is 0 Å². The molecular weight excluding hydrogens is 418 g/mol. The fourth-order valence-electron chi connectivity index (χ4n) is 3.58. The summed E-state index contributed by atoms with van der Waals surface area (Å²) in [7, 11) is -3.45. The number of aromatic nitrogens is 3. The highest BCUT2D eigenvalue weighted by molar-refractivity contribution is 7.88. The molecular formula is C21H25N5O4S. The third-order valence-corrected chi connectivity index (χ3v) is 6.67. The van der Waals surface area contributed by atoms with Gasteiger partial charge in [0.2, 0.25) is 15.9 Å². The molecule has 0 unspecified atom stereocenters. The topological polar surface area (TPSA) is 110 Å². The molecule has 0 spiro atoms. The number of likely N-dealkylation sites (tertiary alicyclic amines) is 1. The smallest absolute Gasteiger partial charge is 0.272 e. The Balaban J connectivity index is 1.40. The monoisotopic (exact) mass is 443 g/mol. The molecule has 1 aliphatic heterocycles. The molecule has 10 heteroatoms. The van der Waals surface area contributed by atoms with Crippen molar-refractivity contribution < 1.29 is 17.7 Å². The standard InChI is InChI=1S/C21H25N5O4S/c1-14(2)20-23-19(24-30-20)10-11-26(31(3,28)29)16-12-25(13-16)21(27)18-9-8-15-6-4-5-7-17(15)22-18/h4-9,14,16H,10-13H2,1-3H3. The van der Waals surface area contributed by atoms with E-state index in [1.807, 2.05) is 44.2 Å². The molecule has 0 N–H and O–H groups in total. The second-order valence-corrected chi connectivity index (χ2v) is 10.0. The second-order valence-electron chi connectivity index (χ2n) is 8.08. The van der Waals surface area contributed by atoms with Crippen LogP contribution in [-0.4, -0.2) is 70.6 Å². The third-order valence-electron chi connectivity index (χ3n) is 5.33. The van der Waals surface area contributed by atoms with Crippen LogP contribution in [0.15, 0.2) is 40.9 Å². The van der Waals surface area contributed by atoms with Crippen molar-refractivity contribution in [1.29, 1.82) is 0 Å². The summed E-state index contributed by atoms with van der Waals surface area (Å²) in [6.45, 7) is 4.78. The molecule has 1 fully saturated rings. The fourth-order valence-corrected chi connectivity index (χ4v) is 4.68. The minimum atomic E-state index is -3.45. The molecule has 3 heterocycles. The van der Waals surface area contributed by atoms with Crippen molar-refractivity contribution in [1.82, 2.24) is 24.3 Å². The lowest BCUT2D eigenvalue weighted by Crippen LogP contribution is -2.62. The van der Waals surface area contributed by atoms with Crippen LogP contribution < -0.4 is 0 Å². The summed E-state index contributed by atoms with van der Waals surface area (Å²) in [6, 6.07) is 10.9. The SMILES string of the molecule is CC(C)c1nc(CCN(C2CN(C(=O)c3ccc4ccccc4n3)C2)S(C)(=O)=O)no1. The lowest BCUT2D eigenvalue weighted by molar-refractivity contribution is 0.0449. The zero-order valence-corrected chi connectivity index (χ0v) is 18.5. The van der Waals surface area contributed by atoms with E-state index in [-0.39, 0.29) is 24.4 Å². The van der Waals surface area contributed by atoms with Gasteiger partial charge in [-0.05, 0) is 12.1 Å². The van der Waals surface area contributed by atoms with Crippen molar-refractivity contribution in [2.24, 2.45) is 0 Å². The highest BCUT2D eigenvalue weighted by atomic mass is 32.2. The second kappa shape index (κ2) is 8.35. The first kappa shape index (κ1) is 21.4. The molecule has 0 bridgehead atoms. The van der Waals surface area contributed by atoms with Crippen LogP contribution in [0.5, 0.6) is 0 Å². The van der Waals surface area contributed by atoms with Crippen LogP contribution in [0.1, 0.15) is 42.0 Å². The number of fused-ring (bicyclic) bond motifs is 1. The molecule has 0 radical (unpaired) electrons. The number of carbonyl (C=O) groups is 1. The summed E-state index contributed by atoms with van der Waals surface area (Å²) in [6.07, 6.45) is 1.53. The Morgan fingerprint density at radius 3 is 2.61 bits per heavy atom. The van der Waals surface area contributed by atoms with E-state index in [0.29, 0.717) is 36.9 Å². The Kier molecular flexibility index (Phi) is 5.76. The van der Waals surface area contributed by atoms with E-state index in [1.165, 1.54) is 10.6 Å². The van der Waals surface area contributed by atoms with Gasteiger partial charge in [0.25, 0.3) is 5.91 Å². The summed E-state index contributed by atoms with van der Waals surface area (Å²) in [4.78, 5) is 23.2. The van der Waals surface area contributed by atoms with Gasteiger partial charge in [-0.2, -0.15) is 9.29 Å². The summed E-state index contributed by atoms with van der Waals surface area (Å²) in [5.41, 5.74) is 1.11. The molecule has 1 amide bonds. The first-order valence-electron chi connectivity index (χ1n) is 10.2. The number of hydrogen-bond acceptors (Lipinski definition) is 7. The number of pyridine rings is 1. The summed E-state index contributed by atoms with van der Waals surface area (Å²) >= 11 is 0. The third kappa shape index (κ3) is 4.59. The largest absolute Gasteiger partial charge is 0.339 e. The Labute approximate surface area is 181 Å². The van der Waals surface area contributed by atoms with E-state index in [9.17, 15) is 13.2 Å². The average Bonchev–Trinajstić information content (AvgIpc) is 3.17. The molecule has 1 aromatic carbocycles. The Hall–Kier alpha value is -2.85.